The van der Waals surface area contributed by atoms with Gasteiger partial charge in [0.1, 0.15) is 0 Å². The van der Waals surface area contributed by atoms with Crippen molar-refractivity contribution in [1.82, 2.24) is 0 Å². The van der Waals surface area contributed by atoms with E-state index in [9.17, 15) is 4.79 Å². The summed E-state index contributed by atoms with van der Waals surface area (Å²) in [4.78, 5) is 10.7. The molecule has 0 unspecified atom stereocenters. The maximum atomic E-state index is 10.7. The van der Waals surface area contributed by atoms with E-state index in [1.54, 1.807) is 13.0 Å². The summed E-state index contributed by atoms with van der Waals surface area (Å²) >= 11 is 0. The number of carbonyl (C=O) groups excluding carboxylic acids is 1. The maximum absolute atomic E-state index is 10.7. The molecule has 1 nitrogen and oxygen atoms in total. The van der Waals surface area contributed by atoms with Crippen molar-refractivity contribution in [3.05, 3.63) is 12.2 Å². The van der Waals surface area contributed by atoms with Crippen LogP contribution in [0.25, 0.3) is 0 Å². The first-order valence-corrected chi connectivity index (χ1v) is 9.44. The molecule has 0 saturated heterocycles. The molecular weight excluding hydrogens is 256 g/mol. The third-order valence-corrected chi connectivity index (χ3v) is 4.08. The standard InChI is InChI=1S/C20H38O/c1-3-4-5-6-7-8-9-10-11-12-13-14-15-16-17-18-19-20(2)21/h18-19H,3-17H2,1-2H3/b19-18-. The smallest absolute Gasteiger partial charge is 0.152 e. The second-order valence-electron chi connectivity index (χ2n) is 6.40. The molecule has 0 atom stereocenters. The lowest BCUT2D eigenvalue weighted by molar-refractivity contribution is -0.112. The molecule has 1 heteroatoms. The highest BCUT2D eigenvalue weighted by Crippen LogP contribution is 2.13. The van der Waals surface area contributed by atoms with Crippen molar-refractivity contribution in [3.63, 3.8) is 0 Å². The van der Waals surface area contributed by atoms with E-state index in [0.29, 0.717) is 0 Å². The third kappa shape index (κ3) is 19.4. The van der Waals surface area contributed by atoms with Crippen LogP contribution in [0.3, 0.4) is 0 Å². The van der Waals surface area contributed by atoms with Crippen molar-refractivity contribution < 1.29 is 4.79 Å². The van der Waals surface area contributed by atoms with Crippen LogP contribution < -0.4 is 0 Å². The Labute approximate surface area is 133 Å². The van der Waals surface area contributed by atoms with Gasteiger partial charge in [-0.15, -0.1) is 0 Å². The molecule has 0 aromatic rings. The highest BCUT2D eigenvalue weighted by atomic mass is 16.1. The maximum Gasteiger partial charge on any atom is 0.152 e. The van der Waals surface area contributed by atoms with Gasteiger partial charge in [-0.2, -0.15) is 0 Å². The van der Waals surface area contributed by atoms with E-state index < -0.39 is 0 Å². The number of allylic oxidation sites excluding steroid dienone is 2. The Morgan fingerprint density at radius 3 is 1.43 bits per heavy atom. The van der Waals surface area contributed by atoms with E-state index in [0.717, 1.165) is 6.42 Å². The summed E-state index contributed by atoms with van der Waals surface area (Å²) in [6, 6.07) is 0. The van der Waals surface area contributed by atoms with Crippen molar-refractivity contribution in [2.24, 2.45) is 0 Å². The van der Waals surface area contributed by atoms with Gasteiger partial charge in [-0.05, 0) is 25.8 Å². The molecular formula is C20H38O. The monoisotopic (exact) mass is 294 g/mol. The van der Waals surface area contributed by atoms with Crippen LogP contribution in [0.5, 0.6) is 0 Å². The summed E-state index contributed by atoms with van der Waals surface area (Å²) in [6.45, 7) is 3.89. The molecule has 0 radical (unpaired) electrons. The molecule has 0 amide bonds. The Balaban J connectivity index is 3.01. The number of hydrogen-bond donors (Lipinski definition) is 0. The molecule has 0 aromatic heterocycles. The van der Waals surface area contributed by atoms with Crippen LogP contribution in [0, 0.1) is 0 Å². The second-order valence-corrected chi connectivity index (χ2v) is 6.40. The lowest BCUT2D eigenvalue weighted by atomic mass is 10.0. The summed E-state index contributed by atoms with van der Waals surface area (Å²) in [7, 11) is 0. The highest BCUT2D eigenvalue weighted by molar-refractivity contribution is 5.87. The van der Waals surface area contributed by atoms with Crippen LogP contribution in [0.15, 0.2) is 12.2 Å². The van der Waals surface area contributed by atoms with Gasteiger partial charge in [0.05, 0.1) is 0 Å². The summed E-state index contributed by atoms with van der Waals surface area (Å²) in [6.07, 6.45) is 24.4. The van der Waals surface area contributed by atoms with Gasteiger partial charge < -0.3 is 0 Å². The van der Waals surface area contributed by atoms with E-state index in [1.807, 2.05) is 6.08 Å². The van der Waals surface area contributed by atoms with Gasteiger partial charge in [-0.1, -0.05) is 96.5 Å². The zero-order chi connectivity index (χ0) is 15.6. The number of carbonyl (C=O) groups is 1. The molecule has 124 valence electrons. The Hall–Kier alpha value is -0.590. The fourth-order valence-corrected chi connectivity index (χ4v) is 2.71. The van der Waals surface area contributed by atoms with Crippen LogP contribution in [0.2, 0.25) is 0 Å². The third-order valence-electron chi connectivity index (χ3n) is 4.08. The Bertz CT molecular complexity index is 242. The van der Waals surface area contributed by atoms with E-state index in [4.69, 9.17) is 0 Å². The van der Waals surface area contributed by atoms with Crippen LogP contribution in [-0.4, -0.2) is 5.78 Å². The largest absolute Gasteiger partial charge is 0.295 e. The molecule has 21 heavy (non-hydrogen) atoms. The SMILES string of the molecule is CCCCCCCCCCCCCCCC/C=C\C(C)=O. The lowest BCUT2D eigenvalue weighted by Gasteiger charge is -2.02. The molecule has 0 aliphatic rings. The van der Waals surface area contributed by atoms with Gasteiger partial charge in [-0.25, -0.2) is 0 Å². The van der Waals surface area contributed by atoms with Crippen molar-refractivity contribution in [2.75, 3.05) is 0 Å². The zero-order valence-corrected chi connectivity index (χ0v) is 14.7. The quantitative estimate of drug-likeness (QED) is 0.221. The average molecular weight is 295 g/mol. The van der Waals surface area contributed by atoms with Crippen molar-refractivity contribution in [3.8, 4) is 0 Å². The zero-order valence-electron chi connectivity index (χ0n) is 14.7. The molecule has 0 N–H and O–H groups in total. The predicted octanol–water partition coefficient (Wildman–Crippen LogP) is 7.00. The molecule has 0 heterocycles. The average Bonchev–Trinajstić information content (AvgIpc) is 2.46. The molecule has 0 aliphatic carbocycles. The first-order valence-electron chi connectivity index (χ1n) is 9.44. The molecule has 0 fully saturated rings. The Morgan fingerprint density at radius 2 is 1.05 bits per heavy atom. The minimum absolute atomic E-state index is 0.167. The molecule has 0 aliphatic heterocycles. The van der Waals surface area contributed by atoms with Gasteiger partial charge in [0.25, 0.3) is 0 Å². The molecule has 0 rings (SSSR count). The predicted molar refractivity (Wildman–Crippen MR) is 94.8 cm³/mol. The number of hydrogen-bond acceptors (Lipinski definition) is 1. The fourth-order valence-electron chi connectivity index (χ4n) is 2.71. The molecule has 0 spiro atoms. The first-order chi connectivity index (χ1) is 10.3. The highest BCUT2D eigenvalue weighted by Gasteiger charge is 1.93. The van der Waals surface area contributed by atoms with Gasteiger partial charge in [0, 0.05) is 0 Å². The van der Waals surface area contributed by atoms with Crippen molar-refractivity contribution in [1.29, 1.82) is 0 Å². The summed E-state index contributed by atoms with van der Waals surface area (Å²) in [5.41, 5.74) is 0. The summed E-state index contributed by atoms with van der Waals surface area (Å²) in [5, 5.41) is 0. The molecule has 0 bridgehead atoms. The molecule has 0 aromatic carbocycles. The van der Waals surface area contributed by atoms with Crippen LogP contribution in [0.1, 0.15) is 110 Å². The van der Waals surface area contributed by atoms with E-state index in [2.05, 4.69) is 6.92 Å². The Morgan fingerprint density at radius 1 is 0.667 bits per heavy atom. The first kappa shape index (κ1) is 20.4. The second kappa shape index (κ2) is 17.5. The summed E-state index contributed by atoms with van der Waals surface area (Å²) < 4.78 is 0. The number of unbranched alkanes of at least 4 members (excludes halogenated alkanes) is 14. The Kier molecular flexibility index (Phi) is 17.0. The topological polar surface area (TPSA) is 17.1 Å². The number of rotatable bonds is 16. The minimum Gasteiger partial charge on any atom is -0.295 e. The lowest BCUT2D eigenvalue weighted by Crippen LogP contribution is -1.83. The van der Waals surface area contributed by atoms with Crippen LogP contribution in [-0.2, 0) is 4.79 Å². The van der Waals surface area contributed by atoms with Gasteiger partial charge in [-0.3, -0.25) is 4.79 Å². The van der Waals surface area contributed by atoms with E-state index in [1.165, 1.54) is 89.9 Å². The number of ketones is 1. The van der Waals surface area contributed by atoms with E-state index in [-0.39, 0.29) is 5.78 Å². The summed E-state index contributed by atoms with van der Waals surface area (Å²) in [5.74, 6) is 0.167. The van der Waals surface area contributed by atoms with Crippen molar-refractivity contribution >= 4 is 5.78 Å². The van der Waals surface area contributed by atoms with Gasteiger partial charge in [0.15, 0.2) is 5.78 Å². The van der Waals surface area contributed by atoms with Crippen molar-refractivity contribution in [2.45, 2.75) is 110 Å². The molecule has 0 saturated carbocycles. The fraction of sp³-hybridized carbons (Fsp3) is 0.850. The van der Waals surface area contributed by atoms with Crippen LogP contribution in [0.4, 0.5) is 0 Å². The van der Waals surface area contributed by atoms with Gasteiger partial charge in [0.2, 0.25) is 0 Å². The minimum atomic E-state index is 0.167. The van der Waals surface area contributed by atoms with Crippen LogP contribution >= 0.6 is 0 Å². The van der Waals surface area contributed by atoms with E-state index >= 15 is 0 Å². The van der Waals surface area contributed by atoms with Gasteiger partial charge >= 0.3 is 0 Å². The normalized spacial score (nSPS) is 11.3.